The van der Waals surface area contributed by atoms with Gasteiger partial charge in [0.25, 0.3) is 0 Å². The number of piperidine rings is 1. The highest BCUT2D eigenvalue weighted by molar-refractivity contribution is 5.72. The van der Waals surface area contributed by atoms with Crippen molar-refractivity contribution in [3.05, 3.63) is 0 Å². The van der Waals surface area contributed by atoms with Gasteiger partial charge in [0.05, 0.1) is 19.1 Å². The number of carbonyl (C=O) groups is 1. The maximum Gasteiger partial charge on any atom is 0.310 e. The molecule has 14 heavy (non-hydrogen) atoms. The van der Waals surface area contributed by atoms with Gasteiger partial charge in [-0.2, -0.15) is 0 Å². The zero-order chi connectivity index (χ0) is 10.4. The van der Waals surface area contributed by atoms with Crippen LogP contribution in [0.15, 0.2) is 0 Å². The van der Waals surface area contributed by atoms with Crippen molar-refractivity contribution in [2.75, 3.05) is 26.2 Å². The summed E-state index contributed by atoms with van der Waals surface area (Å²) in [4.78, 5) is 13.6. The van der Waals surface area contributed by atoms with E-state index in [2.05, 4.69) is 10.8 Å². The maximum absolute atomic E-state index is 11.4. The van der Waals surface area contributed by atoms with Crippen LogP contribution >= 0.6 is 0 Å². The Morgan fingerprint density at radius 3 is 3.14 bits per heavy atom. The first-order valence-corrected chi connectivity index (χ1v) is 5.10. The second-order valence-corrected chi connectivity index (χ2v) is 3.53. The van der Waals surface area contributed by atoms with Crippen LogP contribution in [0.25, 0.3) is 0 Å². The van der Waals surface area contributed by atoms with Crippen LogP contribution in [0.3, 0.4) is 0 Å². The first-order chi connectivity index (χ1) is 6.77. The third-order valence-corrected chi connectivity index (χ3v) is 2.44. The van der Waals surface area contributed by atoms with E-state index in [4.69, 9.17) is 11.2 Å². The molecule has 0 aromatic rings. The van der Waals surface area contributed by atoms with Crippen molar-refractivity contribution < 1.29 is 9.53 Å². The molecule has 0 spiro atoms. The minimum Gasteiger partial charge on any atom is -0.466 e. The van der Waals surface area contributed by atoms with Gasteiger partial charge >= 0.3 is 5.97 Å². The molecule has 1 rings (SSSR count). The molecular weight excluding hydrogens is 178 g/mol. The van der Waals surface area contributed by atoms with Crippen LogP contribution in [0.5, 0.6) is 0 Å². The van der Waals surface area contributed by atoms with Gasteiger partial charge in [-0.15, -0.1) is 6.42 Å². The Bertz CT molecular complexity index is 232. The van der Waals surface area contributed by atoms with E-state index in [1.165, 1.54) is 0 Å². The van der Waals surface area contributed by atoms with E-state index < -0.39 is 0 Å². The minimum atomic E-state index is -0.0748. The summed E-state index contributed by atoms with van der Waals surface area (Å²) < 4.78 is 4.99. The van der Waals surface area contributed by atoms with Gasteiger partial charge in [-0.05, 0) is 26.3 Å². The summed E-state index contributed by atoms with van der Waals surface area (Å²) in [6.45, 7) is 4.68. The smallest absolute Gasteiger partial charge is 0.310 e. The summed E-state index contributed by atoms with van der Waals surface area (Å²) in [7, 11) is 0. The van der Waals surface area contributed by atoms with Gasteiger partial charge < -0.3 is 4.74 Å². The summed E-state index contributed by atoms with van der Waals surface area (Å²) in [5.74, 6) is 2.55. The predicted octanol–water partition coefficient (Wildman–Crippen LogP) is 0.895. The maximum atomic E-state index is 11.4. The first kappa shape index (κ1) is 11.1. The Balaban J connectivity index is 2.40. The molecule has 0 bridgehead atoms. The fraction of sp³-hybridized carbons (Fsp3) is 0.727. The van der Waals surface area contributed by atoms with Gasteiger partial charge in [-0.3, -0.25) is 9.69 Å². The number of esters is 1. The summed E-state index contributed by atoms with van der Waals surface area (Å²) in [5, 5.41) is 0. The highest BCUT2D eigenvalue weighted by Gasteiger charge is 2.25. The van der Waals surface area contributed by atoms with E-state index >= 15 is 0 Å². The van der Waals surface area contributed by atoms with E-state index in [1.807, 2.05) is 6.92 Å². The molecule has 1 atom stereocenters. The number of nitrogens with zero attached hydrogens (tertiary/aromatic N) is 1. The van der Waals surface area contributed by atoms with E-state index in [0.29, 0.717) is 13.2 Å². The highest BCUT2D eigenvalue weighted by Crippen LogP contribution is 2.17. The Morgan fingerprint density at radius 2 is 2.50 bits per heavy atom. The standard InChI is InChI=1S/C11H17NO2/c1-3-7-12-8-5-6-10(9-12)11(13)14-4-2/h1,10H,4-9H2,2H3. The van der Waals surface area contributed by atoms with Gasteiger partial charge in [-0.1, -0.05) is 5.92 Å². The highest BCUT2D eigenvalue weighted by atomic mass is 16.5. The molecule has 0 radical (unpaired) electrons. The van der Waals surface area contributed by atoms with E-state index in [9.17, 15) is 4.79 Å². The monoisotopic (exact) mass is 195 g/mol. The largest absolute Gasteiger partial charge is 0.466 e. The lowest BCUT2D eigenvalue weighted by atomic mass is 9.98. The quantitative estimate of drug-likeness (QED) is 0.495. The fourth-order valence-corrected chi connectivity index (χ4v) is 1.78. The van der Waals surface area contributed by atoms with E-state index in [-0.39, 0.29) is 11.9 Å². The molecule has 0 amide bonds. The zero-order valence-electron chi connectivity index (χ0n) is 8.66. The topological polar surface area (TPSA) is 29.5 Å². The summed E-state index contributed by atoms with van der Waals surface area (Å²) >= 11 is 0. The molecule has 3 nitrogen and oxygen atoms in total. The van der Waals surface area contributed by atoms with Crippen LogP contribution in [0, 0.1) is 18.3 Å². The zero-order valence-corrected chi connectivity index (χ0v) is 8.66. The molecule has 1 aliphatic rings. The van der Waals surface area contributed by atoms with Crippen molar-refractivity contribution in [2.24, 2.45) is 5.92 Å². The van der Waals surface area contributed by atoms with Crippen LogP contribution in [0.2, 0.25) is 0 Å². The van der Waals surface area contributed by atoms with Crippen LogP contribution in [-0.4, -0.2) is 37.1 Å². The van der Waals surface area contributed by atoms with Gasteiger partial charge in [0, 0.05) is 6.54 Å². The first-order valence-electron chi connectivity index (χ1n) is 5.10. The van der Waals surface area contributed by atoms with Crippen molar-refractivity contribution in [1.82, 2.24) is 4.90 Å². The molecule has 1 aliphatic heterocycles. The van der Waals surface area contributed by atoms with Crippen molar-refractivity contribution in [3.8, 4) is 12.3 Å². The lowest BCUT2D eigenvalue weighted by molar-refractivity contribution is -0.149. The second kappa shape index (κ2) is 5.66. The van der Waals surface area contributed by atoms with Gasteiger partial charge in [-0.25, -0.2) is 0 Å². The molecule has 1 heterocycles. The number of hydrogen-bond acceptors (Lipinski definition) is 3. The Labute approximate surface area is 85.4 Å². The Hall–Kier alpha value is -1.01. The van der Waals surface area contributed by atoms with Gasteiger partial charge in [0.1, 0.15) is 0 Å². The SMILES string of the molecule is C#CCN1CCCC(C(=O)OCC)C1. The van der Waals surface area contributed by atoms with Crippen LogP contribution in [0.1, 0.15) is 19.8 Å². The molecule has 0 aromatic carbocycles. The molecule has 0 aliphatic carbocycles. The normalized spacial score (nSPS) is 22.7. The Morgan fingerprint density at radius 1 is 1.71 bits per heavy atom. The third-order valence-electron chi connectivity index (χ3n) is 2.44. The number of rotatable bonds is 3. The molecule has 3 heteroatoms. The second-order valence-electron chi connectivity index (χ2n) is 3.53. The minimum absolute atomic E-state index is 0.0250. The number of likely N-dealkylation sites (tertiary alicyclic amines) is 1. The average molecular weight is 195 g/mol. The fourth-order valence-electron chi connectivity index (χ4n) is 1.78. The molecule has 1 unspecified atom stereocenters. The molecule has 1 saturated heterocycles. The van der Waals surface area contributed by atoms with Crippen molar-refractivity contribution in [1.29, 1.82) is 0 Å². The van der Waals surface area contributed by atoms with Gasteiger partial charge in [0.2, 0.25) is 0 Å². The molecule has 0 N–H and O–H groups in total. The molecule has 0 aromatic heterocycles. The number of terminal acetylenes is 1. The molecule has 1 fully saturated rings. The predicted molar refractivity (Wildman–Crippen MR) is 54.6 cm³/mol. The van der Waals surface area contributed by atoms with Crippen LogP contribution < -0.4 is 0 Å². The van der Waals surface area contributed by atoms with Crippen molar-refractivity contribution in [3.63, 3.8) is 0 Å². The van der Waals surface area contributed by atoms with Crippen LogP contribution in [0.4, 0.5) is 0 Å². The van der Waals surface area contributed by atoms with E-state index in [0.717, 1.165) is 25.9 Å². The van der Waals surface area contributed by atoms with Crippen molar-refractivity contribution in [2.45, 2.75) is 19.8 Å². The molecule has 0 saturated carbocycles. The lowest BCUT2D eigenvalue weighted by Gasteiger charge is -2.29. The number of hydrogen-bond donors (Lipinski definition) is 0. The van der Waals surface area contributed by atoms with Crippen LogP contribution in [-0.2, 0) is 9.53 Å². The summed E-state index contributed by atoms with van der Waals surface area (Å²) in [5.41, 5.74) is 0. The summed E-state index contributed by atoms with van der Waals surface area (Å²) in [6.07, 6.45) is 7.20. The lowest BCUT2D eigenvalue weighted by Crippen LogP contribution is -2.39. The molecular formula is C11H17NO2. The van der Waals surface area contributed by atoms with Gasteiger partial charge in [0.15, 0.2) is 0 Å². The third kappa shape index (κ3) is 3.04. The molecule has 78 valence electrons. The Kier molecular flexibility index (Phi) is 4.48. The van der Waals surface area contributed by atoms with E-state index in [1.54, 1.807) is 0 Å². The summed E-state index contributed by atoms with van der Waals surface area (Å²) in [6, 6.07) is 0. The van der Waals surface area contributed by atoms with Crippen molar-refractivity contribution >= 4 is 5.97 Å². The number of ether oxygens (including phenoxy) is 1. The average Bonchev–Trinajstić information content (AvgIpc) is 2.19. The number of carbonyl (C=O) groups excluding carboxylic acids is 1.